The van der Waals surface area contributed by atoms with Gasteiger partial charge in [-0.2, -0.15) is 5.26 Å². The van der Waals surface area contributed by atoms with Crippen LogP contribution >= 0.6 is 0 Å². The molecule has 25 heavy (non-hydrogen) atoms. The summed E-state index contributed by atoms with van der Waals surface area (Å²) in [5.74, 6) is 0.272. The second-order valence-electron chi connectivity index (χ2n) is 7.67. The van der Waals surface area contributed by atoms with Crippen molar-refractivity contribution in [3.05, 3.63) is 35.4 Å². The van der Waals surface area contributed by atoms with Gasteiger partial charge in [0.05, 0.1) is 11.6 Å². The Kier molecular flexibility index (Phi) is 5.75. The van der Waals surface area contributed by atoms with E-state index < -0.39 is 0 Å². The third kappa shape index (κ3) is 4.22. The summed E-state index contributed by atoms with van der Waals surface area (Å²) in [6, 6.07) is 11.5. The van der Waals surface area contributed by atoms with E-state index in [4.69, 9.17) is 5.26 Å². The van der Waals surface area contributed by atoms with E-state index in [0.29, 0.717) is 30.1 Å². The number of amides is 1. The summed E-state index contributed by atoms with van der Waals surface area (Å²) in [6.07, 6.45) is 6.21. The summed E-state index contributed by atoms with van der Waals surface area (Å²) in [5, 5.41) is 8.85. The zero-order valence-corrected chi connectivity index (χ0v) is 15.4. The smallest absolute Gasteiger partial charge is 0.222 e. The van der Waals surface area contributed by atoms with Crippen LogP contribution < -0.4 is 0 Å². The lowest BCUT2D eigenvalue weighted by Gasteiger charge is -2.41. The predicted octanol–water partition coefficient (Wildman–Crippen LogP) is 3.35. The summed E-state index contributed by atoms with van der Waals surface area (Å²) in [4.78, 5) is 17.4. The van der Waals surface area contributed by atoms with Gasteiger partial charge in [0, 0.05) is 37.6 Å². The number of piperidine rings is 1. The molecule has 2 saturated heterocycles. The second kappa shape index (κ2) is 8.01. The van der Waals surface area contributed by atoms with Crippen molar-refractivity contribution in [1.29, 1.82) is 5.26 Å². The predicted molar refractivity (Wildman–Crippen MR) is 99.1 cm³/mol. The van der Waals surface area contributed by atoms with Crippen molar-refractivity contribution in [3.8, 4) is 6.07 Å². The molecule has 0 aromatic heterocycles. The minimum Gasteiger partial charge on any atom is -0.341 e. The van der Waals surface area contributed by atoms with E-state index in [1.54, 1.807) is 0 Å². The van der Waals surface area contributed by atoms with E-state index in [1.807, 2.05) is 24.3 Å². The largest absolute Gasteiger partial charge is 0.341 e. The molecule has 0 radical (unpaired) electrons. The summed E-state index contributed by atoms with van der Waals surface area (Å²) in [5.41, 5.74) is 1.80. The highest BCUT2D eigenvalue weighted by molar-refractivity contribution is 5.76. The Morgan fingerprint density at radius 2 is 1.84 bits per heavy atom. The Bertz CT molecular complexity index is 624. The Hall–Kier alpha value is -1.86. The van der Waals surface area contributed by atoms with Crippen LogP contribution in [0.3, 0.4) is 0 Å². The number of carbonyl (C=O) groups is 1. The molecule has 4 heteroatoms. The lowest BCUT2D eigenvalue weighted by atomic mass is 10.0. The van der Waals surface area contributed by atoms with Gasteiger partial charge in [0.2, 0.25) is 5.91 Å². The minimum absolute atomic E-state index is 0.272. The molecule has 3 rings (SSSR count). The topological polar surface area (TPSA) is 47.3 Å². The van der Waals surface area contributed by atoms with Crippen LogP contribution in [0.1, 0.15) is 57.1 Å². The van der Waals surface area contributed by atoms with E-state index >= 15 is 0 Å². The summed E-state index contributed by atoms with van der Waals surface area (Å²) in [6.45, 7) is 6.45. The lowest BCUT2D eigenvalue weighted by molar-refractivity contribution is -0.133. The van der Waals surface area contributed by atoms with Crippen LogP contribution in [-0.4, -0.2) is 46.9 Å². The first-order valence-electron chi connectivity index (χ1n) is 9.62. The van der Waals surface area contributed by atoms with Gasteiger partial charge < -0.3 is 4.90 Å². The van der Waals surface area contributed by atoms with E-state index in [0.717, 1.165) is 31.5 Å². The second-order valence-corrected chi connectivity index (χ2v) is 7.67. The summed E-state index contributed by atoms with van der Waals surface area (Å²) >= 11 is 0. The first kappa shape index (κ1) is 17.9. The molecule has 3 unspecified atom stereocenters. The number of carbonyl (C=O) groups excluding carboxylic acids is 1. The van der Waals surface area contributed by atoms with Crippen LogP contribution in [0.25, 0.3) is 0 Å². The van der Waals surface area contributed by atoms with Crippen LogP contribution in [0, 0.1) is 11.3 Å². The van der Waals surface area contributed by atoms with Crippen molar-refractivity contribution in [2.24, 2.45) is 0 Å². The van der Waals surface area contributed by atoms with E-state index in [9.17, 15) is 4.79 Å². The zero-order valence-electron chi connectivity index (χ0n) is 15.4. The highest BCUT2D eigenvalue weighted by Gasteiger charge is 2.36. The molecule has 0 spiro atoms. The van der Waals surface area contributed by atoms with Gasteiger partial charge in [-0.3, -0.25) is 9.69 Å². The molecule has 2 aliphatic rings. The Balaban J connectivity index is 1.54. The number of benzene rings is 1. The average Bonchev–Trinajstić information content (AvgIpc) is 2.98. The Labute approximate surface area is 151 Å². The number of hydrogen-bond donors (Lipinski definition) is 0. The molecule has 0 aliphatic carbocycles. The first-order valence-corrected chi connectivity index (χ1v) is 9.62. The van der Waals surface area contributed by atoms with Crippen molar-refractivity contribution in [2.75, 3.05) is 13.1 Å². The monoisotopic (exact) mass is 339 g/mol. The molecule has 0 bridgehead atoms. The summed E-state index contributed by atoms with van der Waals surface area (Å²) in [7, 11) is 0. The highest BCUT2D eigenvalue weighted by atomic mass is 16.2. The minimum atomic E-state index is 0.272. The molecule has 0 N–H and O–H groups in total. The normalized spacial score (nSPS) is 27.2. The number of hydrogen-bond acceptors (Lipinski definition) is 3. The number of rotatable bonds is 4. The number of nitrogens with zero attached hydrogens (tertiary/aromatic N) is 3. The SMILES string of the molecule is CC1CCC(C)N1C1CCCN(C(=O)CCc2ccc(C#N)cc2)C1. The molecular formula is C21H29N3O. The molecule has 3 atom stereocenters. The molecule has 2 aliphatic heterocycles. The van der Waals surface area contributed by atoms with Gasteiger partial charge in [-0.1, -0.05) is 12.1 Å². The van der Waals surface area contributed by atoms with Gasteiger partial charge in [0.1, 0.15) is 0 Å². The zero-order chi connectivity index (χ0) is 17.8. The van der Waals surface area contributed by atoms with Crippen LogP contribution in [-0.2, 0) is 11.2 Å². The molecule has 1 aromatic rings. The molecule has 4 nitrogen and oxygen atoms in total. The fraction of sp³-hybridized carbons (Fsp3) is 0.619. The molecule has 2 heterocycles. The van der Waals surface area contributed by atoms with E-state index in [1.165, 1.54) is 19.3 Å². The van der Waals surface area contributed by atoms with Crippen LogP contribution in [0.2, 0.25) is 0 Å². The fourth-order valence-corrected chi connectivity index (χ4v) is 4.51. The Morgan fingerprint density at radius 3 is 2.48 bits per heavy atom. The van der Waals surface area contributed by atoms with Crippen molar-refractivity contribution in [3.63, 3.8) is 0 Å². The molecule has 2 fully saturated rings. The average molecular weight is 339 g/mol. The highest BCUT2D eigenvalue weighted by Crippen LogP contribution is 2.30. The quantitative estimate of drug-likeness (QED) is 0.845. The maximum atomic E-state index is 12.7. The van der Waals surface area contributed by atoms with Crippen molar-refractivity contribution in [2.45, 2.75) is 70.5 Å². The van der Waals surface area contributed by atoms with E-state index in [2.05, 4.69) is 29.7 Å². The third-order valence-electron chi connectivity index (χ3n) is 5.90. The molecule has 134 valence electrons. The van der Waals surface area contributed by atoms with Gasteiger partial charge in [-0.25, -0.2) is 0 Å². The van der Waals surface area contributed by atoms with E-state index in [-0.39, 0.29) is 5.91 Å². The number of aryl methyl sites for hydroxylation is 1. The van der Waals surface area contributed by atoms with Gasteiger partial charge in [0.25, 0.3) is 0 Å². The van der Waals surface area contributed by atoms with Crippen LogP contribution in [0.5, 0.6) is 0 Å². The number of likely N-dealkylation sites (tertiary alicyclic amines) is 2. The fourth-order valence-electron chi connectivity index (χ4n) is 4.51. The summed E-state index contributed by atoms with van der Waals surface area (Å²) < 4.78 is 0. The van der Waals surface area contributed by atoms with Crippen molar-refractivity contribution >= 4 is 5.91 Å². The third-order valence-corrected chi connectivity index (χ3v) is 5.90. The van der Waals surface area contributed by atoms with Crippen LogP contribution in [0.4, 0.5) is 0 Å². The van der Waals surface area contributed by atoms with Gasteiger partial charge in [0.15, 0.2) is 0 Å². The molecule has 0 saturated carbocycles. The standard InChI is InChI=1S/C21H29N3O/c1-16-5-6-17(2)24(16)20-4-3-13-23(15-20)21(25)12-11-18-7-9-19(14-22)10-8-18/h7-10,16-17,20H,3-6,11-13,15H2,1-2H3. The van der Waals surface area contributed by atoms with Gasteiger partial charge in [-0.05, 0) is 63.6 Å². The van der Waals surface area contributed by atoms with Crippen molar-refractivity contribution in [1.82, 2.24) is 9.80 Å². The first-order chi connectivity index (χ1) is 12.1. The molecule has 1 aromatic carbocycles. The van der Waals surface area contributed by atoms with Crippen LogP contribution in [0.15, 0.2) is 24.3 Å². The number of nitriles is 1. The molecule has 1 amide bonds. The Morgan fingerprint density at radius 1 is 1.16 bits per heavy atom. The molecular weight excluding hydrogens is 310 g/mol. The lowest BCUT2D eigenvalue weighted by Crippen LogP contribution is -2.52. The maximum Gasteiger partial charge on any atom is 0.222 e. The maximum absolute atomic E-state index is 12.7. The van der Waals surface area contributed by atoms with Crippen molar-refractivity contribution < 1.29 is 4.79 Å². The van der Waals surface area contributed by atoms with Gasteiger partial charge in [-0.15, -0.1) is 0 Å². The van der Waals surface area contributed by atoms with Gasteiger partial charge >= 0.3 is 0 Å².